The zero-order chi connectivity index (χ0) is 19.5. The fourth-order valence-electron chi connectivity index (χ4n) is 3.46. The fourth-order valence-corrected chi connectivity index (χ4v) is 4.44. The number of nitrogens with zero attached hydrogens (tertiary/aromatic N) is 1. The van der Waals surface area contributed by atoms with Crippen molar-refractivity contribution >= 4 is 34.8 Å². The van der Waals surface area contributed by atoms with Gasteiger partial charge in [0, 0.05) is 23.4 Å². The maximum atomic E-state index is 12.7. The molecule has 1 amide bonds. The fraction of sp³-hybridized carbons (Fsp3) is 0.273. The summed E-state index contributed by atoms with van der Waals surface area (Å²) in [4.78, 5) is 18.4. The standard InChI is InChI=1S/C22H23N3O2S.ClH/c1-14-20(12-16-5-3-4-6-19(16)27-2)28-22(24-14)25-21(26)17-7-8-18-13-23-10-9-15(18)11-17;/h3-8,11,23H,9-10,12-13H2,1-2H3,(H,24,25,26);1H. The maximum absolute atomic E-state index is 12.7. The van der Waals surface area contributed by atoms with Crippen LogP contribution in [-0.2, 0) is 19.4 Å². The Balaban J connectivity index is 0.00000240. The summed E-state index contributed by atoms with van der Waals surface area (Å²) in [6.45, 7) is 3.80. The van der Waals surface area contributed by atoms with Gasteiger partial charge < -0.3 is 10.1 Å². The molecule has 1 aliphatic heterocycles. The molecule has 152 valence electrons. The van der Waals surface area contributed by atoms with Gasteiger partial charge in [-0.2, -0.15) is 0 Å². The largest absolute Gasteiger partial charge is 0.496 e. The lowest BCUT2D eigenvalue weighted by molar-refractivity contribution is 0.102. The first-order chi connectivity index (χ1) is 13.6. The van der Waals surface area contributed by atoms with E-state index in [1.807, 2.05) is 43.3 Å². The molecule has 0 atom stereocenters. The molecule has 2 N–H and O–H groups in total. The number of rotatable bonds is 5. The van der Waals surface area contributed by atoms with E-state index in [0.29, 0.717) is 10.7 Å². The molecule has 2 heterocycles. The number of thiazole rings is 1. The lowest BCUT2D eigenvalue weighted by Crippen LogP contribution is -2.24. The molecule has 0 saturated heterocycles. The number of anilines is 1. The summed E-state index contributed by atoms with van der Waals surface area (Å²) in [5.41, 5.74) is 5.24. The van der Waals surface area contributed by atoms with Crippen molar-refractivity contribution in [3.05, 3.63) is 75.3 Å². The van der Waals surface area contributed by atoms with Gasteiger partial charge in [-0.1, -0.05) is 24.3 Å². The molecule has 29 heavy (non-hydrogen) atoms. The van der Waals surface area contributed by atoms with Crippen molar-refractivity contribution in [1.82, 2.24) is 10.3 Å². The Hall–Kier alpha value is -2.41. The summed E-state index contributed by atoms with van der Waals surface area (Å²) in [5, 5.41) is 6.94. The van der Waals surface area contributed by atoms with Crippen LogP contribution < -0.4 is 15.4 Å². The molecule has 5 nitrogen and oxygen atoms in total. The van der Waals surface area contributed by atoms with Gasteiger partial charge in [-0.05, 0) is 54.8 Å². The minimum Gasteiger partial charge on any atom is -0.496 e. The van der Waals surface area contributed by atoms with Gasteiger partial charge in [0.15, 0.2) is 5.13 Å². The molecule has 0 saturated carbocycles. The van der Waals surface area contributed by atoms with Gasteiger partial charge in [0.05, 0.1) is 12.8 Å². The number of hydrogen-bond acceptors (Lipinski definition) is 5. The predicted octanol–water partition coefficient (Wildman–Crippen LogP) is 4.37. The zero-order valence-corrected chi connectivity index (χ0v) is 18.1. The highest BCUT2D eigenvalue weighted by atomic mass is 35.5. The average molecular weight is 430 g/mol. The van der Waals surface area contributed by atoms with Gasteiger partial charge >= 0.3 is 0 Å². The molecule has 2 aromatic carbocycles. The maximum Gasteiger partial charge on any atom is 0.257 e. The van der Waals surface area contributed by atoms with Crippen molar-refractivity contribution in [3.63, 3.8) is 0 Å². The van der Waals surface area contributed by atoms with Crippen molar-refractivity contribution in [2.75, 3.05) is 19.0 Å². The van der Waals surface area contributed by atoms with E-state index in [0.717, 1.165) is 47.8 Å². The topological polar surface area (TPSA) is 63.2 Å². The molecule has 0 spiro atoms. The predicted molar refractivity (Wildman–Crippen MR) is 120 cm³/mol. The molecule has 3 aromatic rings. The minimum atomic E-state index is -0.112. The van der Waals surface area contributed by atoms with Crippen LogP contribution in [-0.4, -0.2) is 24.5 Å². The van der Waals surface area contributed by atoms with E-state index in [9.17, 15) is 4.79 Å². The minimum absolute atomic E-state index is 0. The number of fused-ring (bicyclic) bond motifs is 1. The Bertz CT molecular complexity index is 1020. The molecule has 0 aliphatic carbocycles. The van der Waals surface area contributed by atoms with Crippen LogP contribution in [0.4, 0.5) is 5.13 Å². The number of ether oxygens (including phenoxy) is 1. The van der Waals surface area contributed by atoms with Crippen LogP contribution in [0, 0.1) is 6.92 Å². The van der Waals surface area contributed by atoms with E-state index in [-0.39, 0.29) is 18.3 Å². The number of amides is 1. The SMILES string of the molecule is COc1ccccc1Cc1sc(NC(=O)c2ccc3c(c2)CCNC3)nc1C.Cl. The number of hydrogen-bond donors (Lipinski definition) is 2. The molecular weight excluding hydrogens is 406 g/mol. The number of aromatic nitrogens is 1. The number of carbonyl (C=O) groups is 1. The second-order valence-electron chi connectivity index (χ2n) is 6.88. The average Bonchev–Trinajstić information content (AvgIpc) is 3.06. The summed E-state index contributed by atoms with van der Waals surface area (Å²) < 4.78 is 5.44. The van der Waals surface area contributed by atoms with E-state index in [1.54, 1.807) is 7.11 Å². The third-order valence-corrected chi connectivity index (χ3v) is 6.08. The quantitative estimate of drug-likeness (QED) is 0.632. The summed E-state index contributed by atoms with van der Waals surface area (Å²) >= 11 is 1.52. The summed E-state index contributed by atoms with van der Waals surface area (Å²) in [6.07, 6.45) is 1.69. The first kappa shape index (κ1) is 21.3. The Morgan fingerprint density at radius 1 is 1.24 bits per heavy atom. The number of carbonyl (C=O) groups excluding carboxylic acids is 1. The van der Waals surface area contributed by atoms with Crippen LogP contribution in [0.1, 0.15) is 37.6 Å². The van der Waals surface area contributed by atoms with Crippen molar-refractivity contribution in [2.45, 2.75) is 26.3 Å². The number of methoxy groups -OCH3 is 1. The van der Waals surface area contributed by atoms with Gasteiger partial charge in [-0.3, -0.25) is 10.1 Å². The molecule has 1 aromatic heterocycles. The number of aryl methyl sites for hydroxylation is 1. The van der Waals surface area contributed by atoms with Crippen LogP contribution in [0.25, 0.3) is 0 Å². The number of halogens is 1. The smallest absolute Gasteiger partial charge is 0.257 e. The zero-order valence-electron chi connectivity index (χ0n) is 16.5. The van der Waals surface area contributed by atoms with Gasteiger partial charge in [-0.25, -0.2) is 4.98 Å². The van der Waals surface area contributed by atoms with E-state index < -0.39 is 0 Å². The molecule has 1 aliphatic rings. The number of para-hydroxylation sites is 1. The summed E-state index contributed by atoms with van der Waals surface area (Å²) in [7, 11) is 1.68. The molecular formula is C22H24ClN3O2S. The summed E-state index contributed by atoms with van der Waals surface area (Å²) in [5.74, 6) is 0.753. The van der Waals surface area contributed by atoms with Crippen LogP contribution in [0.2, 0.25) is 0 Å². The third-order valence-electron chi connectivity index (χ3n) is 5.01. The highest BCUT2D eigenvalue weighted by Gasteiger charge is 2.16. The Morgan fingerprint density at radius 2 is 2.07 bits per heavy atom. The molecule has 0 fully saturated rings. The number of benzene rings is 2. The van der Waals surface area contributed by atoms with Crippen LogP contribution in [0.5, 0.6) is 5.75 Å². The Morgan fingerprint density at radius 3 is 2.90 bits per heavy atom. The van der Waals surface area contributed by atoms with E-state index in [2.05, 4.69) is 21.7 Å². The van der Waals surface area contributed by atoms with Crippen LogP contribution in [0.3, 0.4) is 0 Å². The van der Waals surface area contributed by atoms with Crippen molar-refractivity contribution < 1.29 is 9.53 Å². The van der Waals surface area contributed by atoms with Crippen molar-refractivity contribution in [1.29, 1.82) is 0 Å². The highest BCUT2D eigenvalue weighted by Crippen LogP contribution is 2.29. The summed E-state index contributed by atoms with van der Waals surface area (Å²) in [6, 6.07) is 13.9. The highest BCUT2D eigenvalue weighted by molar-refractivity contribution is 7.15. The normalized spacial score (nSPS) is 12.6. The van der Waals surface area contributed by atoms with Gasteiger partial charge in [0.25, 0.3) is 5.91 Å². The van der Waals surface area contributed by atoms with Gasteiger partial charge in [0.2, 0.25) is 0 Å². The van der Waals surface area contributed by atoms with E-state index >= 15 is 0 Å². The van der Waals surface area contributed by atoms with Gasteiger partial charge in [0.1, 0.15) is 5.75 Å². The van der Waals surface area contributed by atoms with Crippen LogP contribution >= 0.6 is 23.7 Å². The molecule has 7 heteroatoms. The number of nitrogens with one attached hydrogen (secondary N) is 2. The Labute approximate surface area is 180 Å². The van der Waals surface area contributed by atoms with Gasteiger partial charge in [-0.15, -0.1) is 23.7 Å². The lowest BCUT2D eigenvalue weighted by atomic mass is 9.98. The molecule has 0 bridgehead atoms. The molecule has 4 rings (SSSR count). The molecule has 0 radical (unpaired) electrons. The second kappa shape index (κ2) is 9.39. The first-order valence-electron chi connectivity index (χ1n) is 9.36. The Kier molecular flexibility index (Phi) is 6.90. The monoisotopic (exact) mass is 429 g/mol. The first-order valence-corrected chi connectivity index (χ1v) is 10.2. The van der Waals surface area contributed by atoms with E-state index in [4.69, 9.17) is 4.74 Å². The molecule has 0 unspecified atom stereocenters. The lowest BCUT2D eigenvalue weighted by Gasteiger charge is -2.17. The van der Waals surface area contributed by atoms with E-state index in [1.165, 1.54) is 22.5 Å². The third kappa shape index (κ3) is 4.78. The van der Waals surface area contributed by atoms with Crippen molar-refractivity contribution in [3.8, 4) is 5.75 Å². The second-order valence-corrected chi connectivity index (χ2v) is 7.96. The van der Waals surface area contributed by atoms with Crippen molar-refractivity contribution in [2.24, 2.45) is 0 Å². The van der Waals surface area contributed by atoms with Crippen LogP contribution in [0.15, 0.2) is 42.5 Å².